The number of nitrogens with zero attached hydrogens (tertiary/aromatic N) is 1. The molecule has 0 saturated carbocycles. The molecule has 0 unspecified atom stereocenters. The molecule has 6 heteroatoms. The van der Waals surface area contributed by atoms with Crippen LogP contribution in [-0.4, -0.2) is 25.8 Å². The molecule has 0 heterocycles. The van der Waals surface area contributed by atoms with E-state index in [1.807, 2.05) is 27.7 Å². The lowest BCUT2D eigenvalue weighted by Gasteiger charge is -2.26. The van der Waals surface area contributed by atoms with Gasteiger partial charge >= 0.3 is 0 Å². The van der Waals surface area contributed by atoms with Crippen molar-refractivity contribution in [1.29, 1.82) is 0 Å². The molecular weight excluding hydrogens is 308 g/mol. The Morgan fingerprint density at radius 3 is 2.05 bits per heavy atom. The van der Waals surface area contributed by atoms with Gasteiger partial charge in [-0.05, 0) is 36.5 Å². The van der Waals surface area contributed by atoms with Crippen LogP contribution in [-0.2, 0) is 10.0 Å². The minimum absolute atomic E-state index is 0.0913. The predicted molar refractivity (Wildman–Crippen MR) is 89.0 cm³/mol. The number of sulfonamides is 1. The van der Waals surface area contributed by atoms with Crippen LogP contribution in [0.1, 0.15) is 33.3 Å². The highest BCUT2D eigenvalue weighted by molar-refractivity contribution is 7.89. The molecule has 2 N–H and O–H groups in total. The zero-order chi connectivity index (χ0) is 16.4. The molecule has 0 bridgehead atoms. The Bertz CT molecular complexity index is 588. The number of aryl methyl sites for hydroxylation is 1. The van der Waals surface area contributed by atoms with E-state index in [0.29, 0.717) is 18.8 Å². The zero-order valence-corrected chi connectivity index (χ0v) is 14.9. The van der Waals surface area contributed by atoms with E-state index in [-0.39, 0.29) is 21.8 Å². The van der Waals surface area contributed by atoms with Crippen molar-refractivity contribution in [2.24, 2.45) is 11.8 Å². The number of rotatable bonds is 6. The fraction of sp³-hybridized carbons (Fsp3) is 0.600. The van der Waals surface area contributed by atoms with Gasteiger partial charge in [-0.15, -0.1) is 0 Å². The first-order chi connectivity index (χ1) is 9.55. The molecule has 0 atom stereocenters. The van der Waals surface area contributed by atoms with Gasteiger partial charge in [0.05, 0.1) is 5.02 Å². The number of hydrogen-bond donors (Lipinski definition) is 1. The Hall–Kier alpha value is -0.780. The highest BCUT2D eigenvalue weighted by atomic mass is 35.5. The quantitative estimate of drug-likeness (QED) is 0.810. The van der Waals surface area contributed by atoms with Crippen LogP contribution in [0.5, 0.6) is 0 Å². The van der Waals surface area contributed by atoms with Gasteiger partial charge < -0.3 is 5.73 Å². The van der Waals surface area contributed by atoms with E-state index in [9.17, 15) is 8.42 Å². The van der Waals surface area contributed by atoms with Crippen LogP contribution in [0, 0.1) is 18.8 Å². The second kappa shape index (κ2) is 6.99. The molecule has 1 aromatic carbocycles. The Morgan fingerprint density at radius 1 is 1.14 bits per heavy atom. The van der Waals surface area contributed by atoms with Gasteiger partial charge in [0.1, 0.15) is 4.90 Å². The lowest BCUT2D eigenvalue weighted by Crippen LogP contribution is -2.37. The highest BCUT2D eigenvalue weighted by Gasteiger charge is 2.28. The average Bonchev–Trinajstić information content (AvgIpc) is 2.31. The summed E-state index contributed by atoms with van der Waals surface area (Å²) in [6.07, 6.45) is 0. The summed E-state index contributed by atoms with van der Waals surface area (Å²) in [5.41, 5.74) is 7.06. The topological polar surface area (TPSA) is 63.4 Å². The van der Waals surface area contributed by atoms with Crippen LogP contribution in [0.25, 0.3) is 0 Å². The lowest BCUT2D eigenvalue weighted by molar-refractivity contribution is 0.333. The van der Waals surface area contributed by atoms with Crippen LogP contribution in [0.15, 0.2) is 17.0 Å². The van der Waals surface area contributed by atoms with Crippen molar-refractivity contribution >= 4 is 27.3 Å². The minimum Gasteiger partial charge on any atom is -0.398 e. The van der Waals surface area contributed by atoms with E-state index in [1.54, 1.807) is 13.0 Å². The smallest absolute Gasteiger partial charge is 0.244 e. The van der Waals surface area contributed by atoms with Gasteiger partial charge in [-0.1, -0.05) is 39.3 Å². The number of hydrogen-bond acceptors (Lipinski definition) is 3. The molecule has 1 rings (SSSR count). The van der Waals surface area contributed by atoms with E-state index >= 15 is 0 Å². The maximum Gasteiger partial charge on any atom is 0.244 e. The van der Waals surface area contributed by atoms with Gasteiger partial charge in [-0.25, -0.2) is 8.42 Å². The summed E-state index contributed by atoms with van der Waals surface area (Å²) < 4.78 is 27.2. The fourth-order valence-corrected chi connectivity index (χ4v) is 4.45. The molecule has 0 radical (unpaired) electrons. The van der Waals surface area contributed by atoms with Crippen LogP contribution in [0.3, 0.4) is 0 Å². The lowest BCUT2D eigenvalue weighted by atomic mass is 10.2. The highest BCUT2D eigenvalue weighted by Crippen LogP contribution is 2.30. The summed E-state index contributed by atoms with van der Waals surface area (Å²) in [7, 11) is -3.64. The molecule has 0 saturated heterocycles. The van der Waals surface area contributed by atoms with Gasteiger partial charge in [0.25, 0.3) is 0 Å². The van der Waals surface area contributed by atoms with Crippen molar-refractivity contribution in [3.8, 4) is 0 Å². The summed E-state index contributed by atoms with van der Waals surface area (Å²) in [6.45, 7) is 10.7. The molecule has 4 nitrogen and oxygen atoms in total. The predicted octanol–water partition coefficient (Wildman–Crippen LogP) is 3.53. The van der Waals surface area contributed by atoms with Gasteiger partial charge in [0, 0.05) is 18.8 Å². The third kappa shape index (κ3) is 4.59. The van der Waals surface area contributed by atoms with Gasteiger partial charge in [0.2, 0.25) is 10.0 Å². The SMILES string of the molecule is Cc1cc(Cl)c(S(=O)(=O)N(CC(C)C)CC(C)C)cc1N. The number of benzene rings is 1. The molecule has 0 fully saturated rings. The monoisotopic (exact) mass is 332 g/mol. The molecule has 120 valence electrons. The maximum absolute atomic E-state index is 12.9. The summed E-state index contributed by atoms with van der Waals surface area (Å²) in [6, 6.07) is 3.06. The van der Waals surface area contributed by atoms with E-state index in [4.69, 9.17) is 17.3 Å². The first-order valence-corrected chi connectivity index (χ1v) is 8.93. The Morgan fingerprint density at radius 2 is 1.62 bits per heavy atom. The number of anilines is 1. The summed E-state index contributed by atoms with van der Waals surface area (Å²) in [5, 5.41) is 0.221. The molecule has 1 aromatic rings. The normalized spacial score (nSPS) is 12.6. The van der Waals surface area contributed by atoms with E-state index in [2.05, 4.69) is 0 Å². The van der Waals surface area contributed by atoms with Crippen LogP contribution >= 0.6 is 11.6 Å². The Labute approximate surface area is 133 Å². The molecular formula is C15H25ClN2O2S. The van der Waals surface area contributed by atoms with Crippen LogP contribution in [0.2, 0.25) is 5.02 Å². The summed E-state index contributed by atoms with van der Waals surface area (Å²) in [5.74, 6) is 0.472. The van der Waals surface area contributed by atoms with E-state index < -0.39 is 10.0 Å². The molecule has 0 amide bonds. The molecule has 0 aliphatic heterocycles. The Balaban J connectivity index is 3.31. The largest absolute Gasteiger partial charge is 0.398 e. The second-order valence-corrected chi connectivity index (χ2v) is 8.56. The number of nitrogen functional groups attached to an aromatic ring is 1. The molecule has 21 heavy (non-hydrogen) atoms. The van der Waals surface area contributed by atoms with Crippen molar-refractivity contribution in [2.45, 2.75) is 39.5 Å². The van der Waals surface area contributed by atoms with Crippen molar-refractivity contribution in [3.63, 3.8) is 0 Å². The first-order valence-electron chi connectivity index (χ1n) is 7.11. The molecule has 0 aromatic heterocycles. The Kier molecular flexibility index (Phi) is 6.08. The zero-order valence-electron chi connectivity index (χ0n) is 13.4. The average molecular weight is 333 g/mol. The first kappa shape index (κ1) is 18.3. The summed E-state index contributed by atoms with van der Waals surface area (Å²) in [4.78, 5) is 0.0913. The molecule has 0 aliphatic carbocycles. The van der Waals surface area contributed by atoms with E-state index in [0.717, 1.165) is 5.56 Å². The molecule has 0 aliphatic rings. The maximum atomic E-state index is 12.9. The third-order valence-electron chi connectivity index (χ3n) is 3.08. The standard InChI is InChI=1S/C15H25ClN2O2S/c1-10(2)8-18(9-11(3)4)21(19,20)15-7-14(17)12(5)6-13(15)16/h6-7,10-11H,8-9,17H2,1-5H3. The minimum atomic E-state index is -3.64. The van der Waals surface area contributed by atoms with E-state index in [1.165, 1.54) is 10.4 Å². The van der Waals surface area contributed by atoms with Crippen LogP contribution < -0.4 is 5.73 Å². The third-order valence-corrected chi connectivity index (χ3v) is 5.37. The molecule has 0 spiro atoms. The van der Waals surface area contributed by atoms with Crippen molar-refractivity contribution in [3.05, 3.63) is 22.7 Å². The van der Waals surface area contributed by atoms with Crippen LogP contribution in [0.4, 0.5) is 5.69 Å². The van der Waals surface area contributed by atoms with Crippen molar-refractivity contribution in [1.82, 2.24) is 4.31 Å². The number of halogens is 1. The number of nitrogens with two attached hydrogens (primary N) is 1. The van der Waals surface area contributed by atoms with Crippen molar-refractivity contribution in [2.75, 3.05) is 18.8 Å². The van der Waals surface area contributed by atoms with Gasteiger partial charge in [0.15, 0.2) is 0 Å². The van der Waals surface area contributed by atoms with Gasteiger partial charge in [-0.2, -0.15) is 4.31 Å². The fourth-order valence-electron chi connectivity index (χ4n) is 2.09. The summed E-state index contributed by atoms with van der Waals surface area (Å²) >= 11 is 6.14. The second-order valence-electron chi connectivity index (χ2n) is 6.25. The van der Waals surface area contributed by atoms with Gasteiger partial charge in [-0.3, -0.25) is 0 Å². The van der Waals surface area contributed by atoms with Crippen molar-refractivity contribution < 1.29 is 8.42 Å².